The van der Waals surface area contributed by atoms with Crippen molar-refractivity contribution in [3.05, 3.63) is 93.5 Å². The van der Waals surface area contributed by atoms with E-state index in [1.54, 1.807) is 34.9 Å². The molecule has 0 unspecified atom stereocenters. The number of benzene rings is 3. The predicted octanol–water partition coefficient (Wildman–Crippen LogP) is 6.25. The van der Waals surface area contributed by atoms with Crippen LogP contribution in [0.5, 0.6) is 0 Å². The van der Waals surface area contributed by atoms with Crippen molar-refractivity contribution >= 4 is 40.9 Å². The Balaban J connectivity index is 1.34. The number of carbonyl (C=O) groups is 3. The number of amides is 3. The number of piperidine rings is 2. The van der Waals surface area contributed by atoms with Crippen molar-refractivity contribution in [2.75, 3.05) is 33.2 Å². The molecule has 2 heterocycles. The van der Waals surface area contributed by atoms with Crippen LogP contribution in [0.15, 0.2) is 66.7 Å². The fraction of sp³-hybridized carbons (Fsp3) is 0.353. The van der Waals surface area contributed by atoms with Crippen LogP contribution in [0.2, 0.25) is 10.0 Å². The van der Waals surface area contributed by atoms with Gasteiger partial charge < -0.3 is 14.7 Å². The minimum atomic E-state index is -0.161. The summed E-state index contributed by atoms with van der Waals surface area (Å²) >= 11 is 12.7. The number of hydrogen-bond acceptors (Lipinski definition) is 4. The minimum absolute atomic E-state index is 0.0444. The van der Waals surface area contributed by atoms with Crippen LogP contribution in [0.4, 0.5) is 0 Å². The standard InChI is InChI=1S/C34H34Cl2N4O3/c1-22(41)39-16-13-27(14-17-39)34(43)40-18-15-32(29(21-40)28-11-12-30(35)31(36)19-28)38(2)33(42)26-9-7-25(8-10-26)24-5-3-23(20-37)4-6-24/h3-12,19,27,29,32H,13-18,21H2,1-2H3/t29-,32+/m0/s1. The molecule has 2 aliphatic heterocycles. The average molecular weight is 618 g/mol. The number of halogens is 2. The molecule has 0 bridgehead atoms. The Morgan fingerprint density at radius 1 is 0.837 bits per heavy atom. The van der Waals surface area contributed by atoms with Crippen LogP contribution < -0.4 is 0 Å². The van der Waals surface area contributed by atoms with Crippen molar-refractivity contribution < 1.29 is 14.4 Å². The maximum absolute atomic E-state index is 13.8. The van der Waals surface area contributed by atoms with Crippen molar-refractivity contribution in [3.63, 3.8) is 0 Å². The molecule has 222 valence electrons. The van der Waals surface area contributed by atoms with Gasteiger partial charge in [0.1, 0.15) is 0 Å². The van der Waals surface area contributed by atoms with Crippen LogP contribution in [0.3, 0.4) is 0 Å². The largest absolute Gasteiger partial charge is 0.343 e. The number of carbonyl (C=O) groups excluding carboxylic acids is 3. The summed E-state index contributed by atoms with van der Waals surface area (Å²) in [5, 5.41) is 9.95. The molecule has 0 radical (unpaired) electrons. The molecule has 0 saturated carbocycles. The van der Waals surface area contributed by atoms with Gasteiger partial charge in [0.15, 0.2) is 0 Å². The lowest BCUT2D eigenvalue weighted by Gasteiger charge is -2.44. The minimum Gasteiger partial charge on any atom is -0.343 e. The van der Waals surface area contributed by atoms with Crippen molar-refractivity contribution in [2.24, 2.45) is 5.92 Å². The molecule has 3 amide bonds. The fourth-order valence-corrected chi connectivity index (χ4v) is 6.58. The summed E-state index contributed by atoms with van der Waals surface area (Å²) in [4.78, 5) is 44.6. The van der Waals surface area contributed by atoms with Crippen LogP contribution in [-0.2, 0) is 9.59 Å². The maximum atomic E-state index is 13.8. The first-order chi connectivity index (χ1) is 20.7. The Labute approximate surface area is 262 Å². The molecule has 2 saturated heterocycles. The Bertz CT molecular complexity index is 1540. The summed E-state index contributed by atoms with van der Waals surface area (Å²) in [7, 11) is 1.82. The number of nitriles is 1. The molecule has 3 aromatic rings. The SMILES string of the molecule is CC(=O)N1CCC(C(=O)N2CC[C@@H](N(C)C(=O)c3ccc(-c4ccc(C#N)cc4)cc3)[C@H](c3ccc(Cl)c(Cl)c3)C2)CC1. The van der Waals surface area contributed by atoms with Gasteiger partial charge in [-0.15, -0.1) is 0 Å². The molecular weight excluding hydrogens is 583 g/mol. The Morgan fingerprint density at radius 2 is 1.44 bits per heavy atom. The molecule has 7 nitrogen and oxygen atoms in total. The molecule has 0 aromatic heterocycles. The van der Waals surface area contributed by atoms with Crippen LogP contribution in [-0.4, -0.2) is 71.7 Å². The fourth-order valence-electron chi connectivity index (χ4n) is 6.27. The van der Waals surface area contributed by atoms with Crippen LogP contribution >= 0.6 is 23.2 Å². The van der Waals surface area contributed by atoms with E-state index >= 15 is 0 Å². The smallest absolute Gasteiger partial charge is 0.253 e. The van der Waals surface area contributed by atoms with Gasteiger partial charge in [-0.25, -0.2) is 0 Å². The monoisotopic (exact) mass is 616 g/mol. The molecule has 0 spiro atoms. The summed E-state index contributed by atoms with van der Waals surface area (Å²) in [5.41, 5.74) is 4.02. The number of hydrogen-bond donors (Lipinski definition) is 0. The normalized spacial score (nSPS) is 19.0. The number of likely N-dealkylation sites (tertiary alicyclic amines) is 2. The lowest BCUT2D eigenvalue weighted by Crippen LogP contribution is -2.53. The van der Waals surface area contributed by atoms with Gasteiger partial charge in [0, 0.05) is 63.6 Å². The zero-order valence-corrected chi connectivity index (χ0v) is 25.8. The van der Waals surface area contributed by atoms with E-state index in [9.17, 15) is 14.4 Å². The van der Waals surface area contributed by atoms with E-state index in [2.05, 4.69) is 6.07 Å². The summed E-state index contributed by atoms with van der Waals surface area (Å²) < 4.78 is 0. The highest BCUT2D eigenvalue weighted by atomic mass is 35.5. The molecule has 2 atom stereocenters. The highest BCUT2D eigenvalue weighted by Gasteiger charge is 2.39. The lowest BCUT2D eigenvalue weighted by atomic mass is 9.83. The topological polar surface area (TPSA) is 84.7 Å². The number of nitrogens with zero attached hydrogens (tertiary/aromatic N) is 4. The van der Waals surface area contributed by atoms with Gasteiger partial charge in [-0.1, -0.05) is 53.5 Å². The third kappa shape index (κ3) is 6.71. The summed E-state index contributed by atoms with van der Waals surface area (Å²) in [6.07, 6.45) is 1.94. The molecule has 43 heavy (non-hydrogen) atoms. The summed E-state index contributed by atoms with van der Waals surface area (Å²) in [6, 6.07) is 22.3. The number of likely N-dealkylation sites (N-methyl/N-ethyl adjacent to an activating group) is 1. The second-order valence-corrected chi connectivity index (χ2v) is 12.2. The molecule has 2 fully saturated rings. The van der Waals surface area contributed by atoms with Crippen LogP contribution in [0.25, 0.3) is 11.1 Å². The third-order valence-electron chi connectivity index (χ3n) is 8.85. The Morgan fingerprint density at radius 3 is 2.02 bits per heavy atom. The summed E-state index contributed by atoms with van der Waals surface area (Å²) in [5.74, 6) is -0.216. The van der Waals surface area contributed by atoms with E-state index in [1.807, 2.05) is 60.5 Å². The second kappa shape index (κ2) is 13.2. The molecule has 0 N–H and O–H groups in total. The molecule has 5 rings (SSSR count). The number of rotatable bonds is 5. The zero-order chi connectivity index (χ0) is 30.7. The Kier molecular flexibility index (Phi) is 9.39. The Hall–Kier alpha value is -3.86. The average Bonchev–Trinajstić information content (AvgIpc) is 3.05. The van der Waals surface area contributed by atoms with Crippen LogP contribution in [0.1, 0.15) is 53.6 Å². The van der Waals surface area contributed by atoms with Crippen molar-refractivity contribution in [1.29, 1.82) is 5.26 Å². The van der Waals surface area contributed by atoms with E-state index in [-0.39, 0.29) is 35.6 Å². The molecule has 9 heteroatoms. The second-order valence-electron chi connectivity index (χ2n) is 11.4. The highest BCUT2D eigenvalue weighted by molar-refractivity contribution is 6.42. The van der Waals surface area contributed by atoms with E-state index in [1.165, 1.54) is 0 Å². The van der Waals surface area contributed by atoms with Crippen molar-refractivity contribution in [2.45, 2.75) is 38.1 Å². The zero-order valence-electron chi connectivity index (χ0n) is 24.3. The predicted molar refractivity (Wildman–Crippen MR) is 168 cm³/mol. The van der Waals surface area contributed by atoms with Gasteiger partial charge in [0.2, 0.25) is 11.8 Å². The van der Waals surface area contributed by atoms with Gasteiger partial charge in [-0.3, -0.25) is 14.4 Å². The van der Waals surface area contributed by atoms with E-state index in [0.29, 0.717) is 66.6 Å². The molecule has 0 aliphatic carbocycles. The first kappa shape index (κ1) is 30.6. The maximum Gasteiger partial charge on any atom is 0.253 e. The lowest BCUT2D eigenvalue weighted by molar-refractivity contribution is -0.141. The van der Waals surface area contributed by atoms with E-state index in [0.717, 1.165) is 16.7 Å². The van der Waals surface area contributed by atoms with Crippen LogP contribution in [0, 0.1) is 17.2 Å². The van der Waals surface area contributed by atoms with Gasteiger partial charge in [0.05, 0.1) is 21.7 Å². The molecule has 3 aromatic carbocycles. The van der Waals surface area contributed by atoms with Gasteiger partial charge in [0.25, 0.3) is 5.91 Å². The quantitative estimate of drug-likeness (QED) is 0.339. The van der Waals surface area contributed by atoms with E-state index < -0.39 is 0 Å². The van der Waals surface area contributed by atoms with Gasteiger partial charge in [-0.2, -0.15) is 5.26 Å². The molecule has 2 aliphatic rings. The third-order valence-corrected chi connectivity index (χ3v) is 9.59. The van der Waals surface area contributed by atoms with E-state index in [4.69, 9.17) is 28.5 Å². The van der Waals surface area contributed by atoms with Crippen molar-refractivity contribution in [1.82, 2.24) is 14.7 Å². The summed E-state index contributed by atoms with van der Waals surface area (Å²) in [6.45, 7) is 3.77. The van der Waals surface area contributed by atoms with Crippen molar-refractivity contribution in [3.8, 4) is 17.2 Å². The van der Waals surface area contributed by atoms with Gasteiger partial charge >= 0.3 is 0 Å². The first-order valence-electron chi connectivity index (χ1n) is 14.5. The molecular formula is C34H34Cl2N4O3. The highest BCUT2D eigenvalue weighted by Crippen LogP contribution is 2.36. The first-order valence-corrected chi connectivity index (χ1v) is 15.3. The van der Waals surface area contributed by atoms with Gasteiger partial charge in [-0.05, 0) is 72.4 Å².